The van der Waals surface area contributed by atoms with Crippen LogP contribution in [-0.2, 0) is 4.79 Å². The first kappa shape index (κ1) is 25.9. The molecule has 1 fully saturated rings. The van der Waals surface area contributed by atoms with Gasteiger partial charge in [0.05, 0.1) is 12.1 Å². The van der Waals surface area contributed by atoms with Crippen molar-refractivity contribution in [3.8, 4) is 5.75 Å². The second-order valence-electron chi connectivity index (χ2n) is 8.17. The molecule has 186 valence electrons. The molecule has 2 amide bonds. The minimum atomic E-state index is -0.296. The number of rotatable bonds is 6. The van der Waals surface area contributed by atoms with E-state index < -0.39 is 0 Å². The van der Waals surface area contributed by atoms with Crippen LogP contribution in [0, 0.1) is 0 Å². The van der Waals surface area contributed by atoms with Crippen LogP contribution in [-0.4, -0.2) is 50.0 Å². The van der Waals surface area contributed by atoms with Crippen molar-refractivity contribution in [3.05, 3.63) is 92.9 Å². The number of piperazine rings is 1. The van der Waals surface area contributed by atoms with E-state index in [0.29, 0.717) is 50.7 Å². The molecule has 36 heavy (non-hydrogen) atoms. The molecule has 1 heterocycles. The van der Waals surface area contributed by atoms with E-state index in [1.165, 1.54) is 13.2 Å². The second kappa shape index (κ2) is 11.7. The summed E-state index contributed by atoms with van der Waals surface area (Å²) in [7, 11) is 1.51. The lowest BCUT2D eigenvalue weighted by Gasteiger charge is -2.36. The zero-order chi connectivity index (χ0) is 25.7. The molecular weight excluding hydrogens is 521 g/mol. The molecule has 6 nitrogen and oxygen atoms in total. The summed E-state index contributed by atoms with van der Waals surface area (Å²) in [5, 5.41) is 4.27. The number of carbonyl (C=O) groups excluding carboxylic acids is 2. The van der Waals surface area contributed by atoms with Gasteiger partial charge in [-0.15, -0.1) is 0 Å². The summed E-state index contributed by atoms with van der Waals surface area (Å²) in [5.74, 6) is 0.162. The van der Waals surface area contributed by atoms with Gasteiger partial charge >= 0.3 is 0 Å². The van der Waals surface area contributed by atoms with Crippen molar-refractivity contribution in [2.24, 2.45) is 0 Å². The largest absolute Gasteiger partial charge is 0.495 e. The Bertz CT molecular complexity index is 1270. The number of benzene rings is 3. The van der Waals surface area contributed by atoms with Crippen LogP contribution >= 0.6 is 34.8 Å². The predicted molar refractivity (Wildman–Crippen MR) is 147 cm³/mol. The van der Waals surface area contributed by atoms with Crippen molar-refractivity contribution >= 4 is 64.1 Å². The Balaban J connectivity index is 1.32. The molecule has 9 heteroatoms. The van der Waals surface area contributed by atoms with Crippen molar-refractivity contribution in [1.82, 2.24) is 4.90 Å². The van der Waals surface area contributed by atoms with E-state index in [1.54, 1.807) is 42.5 Å². The molecule has 1 aliphatic rings. The smallest absolute Gasteiger partial charge is 0.253 e. The number of hydrogen-bond acceptors (Lipinski definition) is 4. The van der Waals surface area contributed by atoms with E-state index >= 15 is 0 Å². The number of ether oxygens (including phenoxy) is 1. The van der Waals surface area contributed by atoms with E-state index in [-0.39, 0.29) is 11.8 Å². The molecule has 0 atom stereocenters. The van der Waals surface area contributed by atoms with Crippen LogP contribution in [0.25, 0.3) is 6.08 Å². The Morgan fingerprint density at radius 1 is 0.889 bits per heavy atom. The maximum absolute atomic E-state index is 12.7. The normalized spacial score (nSPS) is 13.7. The van der Waals surface area contributed by atoms with Crippen molar-refractivity contribution in [3.63, 3.8) is 0 Å². The van der Waals surface area contributed by atoms with Crippen LogP contribution in [0.15, 0.2) is 66.7 Å². The molecule has 0 bridgehead atoms. The monoisotopic (exact) mass is 543 g/mol. The summed E-state index contributed by atoms with van der Waals surface area (Å²) in [6.45, 7) is 2.69. The van der Waals surface area contributed by atoms with Gasteiger partial charge in [0.2, 0.25) is 5.91 Å². The average Bonchev–Trinajstić information content (AvgIpc) is 2.88. The van der Waals surface area contributed by atoms with Crippen LogP contribution in [0.1, 0.15) is 15.9 Å². The van der Waals surface area contributed by atoms with E-state index in [2.05, 4.69) is 10.2 Å². The van der Waals surface area contributed by atoms with Crippen LogP contribution in [0.4, 0.5) is 11.4 Å². The second-order valence-corrected chi connectivity index (χ2v) is 9.45. The third kappa shape index (κ3) is 6.32. The highest BCUT2D eigenvalue weighted by molar-refractivity contribution is 6.36. The number of carbonyl (C=O) groups is 2. The summed E-state index contributed by atoms with van der Waals surface area (Å²) in [6.07, 6.45) is 3.00. The number of methoxy groups -OCH3 is 1. The molecule has 0 unspecified atom stereocenters. The first-order valence-electron chi connectivity index (χ1n) is 11.3. The van der Waals surface area contributed by atoms with Crippen molar-refractivity contribution in [1.29, 1.82) is 0 Å². The molecule has 0 spiro atoms. The third-order valence-electron chi connectivity index (χ3n) is 5.81. The maximum atomic E-state index is 12.7. The van der Waals surface area contributed by atoms with Gasteiger partial charge in [0.25, 0.3) is 5.91 Å². The average molecular weight is 545 g/mol. The first-order valence-corrected chi connectivity index (χ1v) is 12.4. The molecule has 0 saturated carbocycles. The van der Waals surface area contributed by atoms with Gasteiger partial charge in [-0.05, 0) is 66.7 Å². The highest BCUT2D eigenvalue weighted by Crippen LogP contribution is 2.33. The number of amides is 2. The Hall–Kier alpha value is -3.19. The molecule has 3 aromatic rings. The van der Waals surface area contributed by atoms with E-state index in [1.807, 2.05) is 29.2 Å². The Labute approximate surface area is 225 Å². The maximum Gasteiger partial charge on any atom is 0.253 e. The lowest BCUT2D eigenvalue weighted by Crippen LogP contribution is -2.48. The van der Waals surface area contributed by atoms with Crippen LogP contribution in [0.2, 0.25) is 15.1 Å². The summed E-state index contributed by atoms with van der Waals surface area (Å²) >= 11 is 18.1. The number of hydrogen-bond donors (Lipinski definition) is 1. The van der Waals surface area contributed by atoms with Crippen molar-refractivity contribution in [2.75, 3.05) is 43.5 Å². The van der Waals surface area contributed by atoms with Crippen LogP contribution in [0.3, 0.4) is 0 Å². The molecule has 0 aliphatic carbocycles. The molecule has 1 N–H and O–H groups in total. The fraction of sp³-hybridized carbons (Fsp3) is 0.185. The van der Waals surface area contributed by atoms with Gasteiger partial charge in [-0.25, -0.2) is 0 Å². The quantitative estimate of drug-likeness (QED) is 0.372. The van der Waals surface area contributed by atoms with E-state index in [4.69, 9.17) is 39.5 Å². The fourth-order valence-electron chi connectivity index (χ4n) is 3.97. The van der Waals surface area contributed by atoms with Gasteiger partial charge in [-0.2, -0.15) is 0 Å². The topological polar surface area (TPSA) is 61.9 Å². The number of halogens is 3. The van der Waals surface area contributed by atoms with Crippen molar-refractivity contribution in [2.45, 2.75) is 0 Å². The number of anilines is 2. The minimum absolute atomic E-state index is 0.00935. The van der Waals surface area contributed by atoms with Crippen LogP contribution < -0.4 is 15.0 Å². The molecule has 0 aromatic heterocycles. The zero-order valence-electron chi connectivity index (χ0n) is 19.5. The SMILES string of the molecule is COc1c(Cl)cc(Cl)cc1C=CC(=O)Nc1ccc(N2CCN(C(=O)c3ccc(Cl)cc3)CC2)cc1. The first-order chi connectivity index (χ1) is 17.3. The molecule has 3 aromatic carbocycles. The highest BCUT2D eigenvalue weighted by atomic mass is 35.5. The van der Waals surface area contributed by atoms with Gasteiger partial charge in [0, 0.05) is 64.8 Å². The lowest BCUT2D eigenvalue weighted by atomic mass is 10.1. The van der Waals surface area contributed by atoms with E-state index in [9.17, 15) is 9.59 Å². The summed E-state index contributed by atoms with van der Waals surface area (Å²) in [6, 6.07) is 17.8. The molecular formula is C27H24Cl3N3O3. The van der Waals surface area contributed by atoms with Gasteiger partial charge in [-0.1, -0.05) is 34.8 Å². The Morgan fingerprint density at radius 3 is 2.19 bits per heavy atom. The molecule has 0 radical (unpaired) electrons. The number of nitrogens with one attached hydrogen (secondary N) is 1. The van der Waals surface area contributed by atoms with Crippen LogP contribution in [0.5, 0.6) is 5.75 Å². The van der Waals surface area contributed by atoms with E-state index in [0.717, 1.165) is 18.8 Å². The predicted octanol–water partition coefficient (Wildman–Crippen LogP) is 6.27. The summed E-state index contributed by atoms with van der Waals surface area (Å²) in [5.41, 5.74) is 2.94. The summed E-state index contributed by atoms with van der Waals surface area (Å²) < 4.78 is 5.29. The summed E-state index contributed by atoms with van der Waals surface area (Å²) in [4.78, 5) is 29.2. The third-order valence-corrected chi connectivity index (χ3v) is 6.56. The highest BCUT2D eigenvalue weighted by Gasteiger charge is 2.22. The zero-order valence-corrected chi connectivity index (χ0v) is 21.8. The standard InChI is InChI=1S/C27H24Cl3N3O3/c1-36-26-19(16-21(29)17-24(26)30)4-11-25(34)31-22-7-9-23(10-8-22)32-12-14-33(15-13-32)27(35)18-2-5-20(28)6-3-18/h2-11,16-17H,12-15H2,1H3,(H,31,34). The Morgan fingerprint density at radius 2 is 1.56 bits per heavy atom. The van der Waals surface area contributed by atoms with Gasteiger partial charge < -0.3 is 19.9 Å². The number of nitrogens with zero attached hydrogens (tertiary/aromatic N) is 2. The molecule has 1 saturated heterocycles. The lowest BCUT2D eigenvalue weighted by molar-refractivity contribution is -0.111. The fourth-order valence-corrected chi connectivity index (χ4v) is 4.68. The molecule has 4 rings (SSSR count). The van der Waals surface area contributed by atoms with Gasteiger partial charge in [-0.3, -0.25) is 9.59 Å². The molecule has 1 aliphatic heterocycles. The van der Waals surface area contributed by atoms with Crippen molar-refractivity contribution < 1.29 is 14.3 Å². The minimum Gasteiger partial charge on any atom is -0.495 e. The van der Waals surface area contributed by atoms with Gasteiger partial charge in [0.1, 0.15) is 5.75 Å². The Kier molecular flexibility index (Phi) is 8.41. The van der Waals surface area contributed by atoms with Gasteiger partial charge in [0.15, 0.2) is 0 Å².